The Kier molecular flexibility index (Phi) is 8.86. The lowest BCUT2D eigenvalue weighted by Crippen LogP contribution is -2.37. The van der Waals surface area contributed by atoms with E-state index >= 15 is 0 Å². The Bertz CT molecular complexity index is 761. The summed E-state index contributed by atoms with van der Waals surface area (Å²) in [6, 6.07) is 5.72. The van der Waals surface area contributed by atoms with Crippen molar-refractivity contribution in [2.75, 3.05) is 13.7 Å². The second-order valence-electron chi connectivity index (χ2n) is 5.52. The summed E-state index contributed by atoms with van der Waals surface area (Å²) in [7, 11) is 3.15. The molecule has 0 atom stereocenters. The van der Waals surface area contributed by atoms with Crippen LogP contribution in [0.2, 0.25) is 0 Å². The van der Waals surface area contributed by atoms with Gasteiger partial charge in [0.2, 0.25) is 0 Å². The minimum atomic E-state index is -4.47. The highest BCUT2D eigenvalue weighted by Crippen LogP contribution is 2.34. The van der Waals surface area contributed by atoms with Crippen LogP contribution >= 0.6 is 24.0 Å². The monoisotopic (exact) mass is 497 g/mol. The summed E-state index contributed by atoms with van der Waals surface area (Å²) < 4.78 is 46.4. The predicted octanol–water partition coefficient (Wildman–Crippen LogP) is 3.32. The van der Waals surface area contributed by atoms with Gasteiger partial charge in [-0.15, -0.1) is 24.0 Å². The third-order valence-corrected chi connectivity index (χ3v) is 3.73. The van der Waals surface area contributed by atoms with E-state index in [0.29, 0.717) is 19.0 Å². The molecule has 10 heteroatoms. The molecule has 6 nitrogen and oxygen atoms in total. The molecule has 2 N–H and O–H groups in total. The highest BCUT2D eigenvalue weighted by molar-refractivity contribution is 14.0. The van der Waals surface area contributed by atoms with Crippen molar-refractivity contribution in [3.8, 4) is 5.75 Å². The number of halogens is 4. The summed E-state index contributed by atoms with van der Waals surface area (Å²) in [6.07, 6.45) is -2.80. The Balaban J connectivity index is 0.00000364. The van der Waals surface area contributed by atoms with Crippen molar-refractivity contribution >= 4 is 29.9 Å². The molecular formula is C17H23F3IN5O. The number of aromatic nitrogens is 2. The van der Waals surface area contributed by atoms with E-state index in [-0.39, 0.29) is 41.8 Å². The number of hydrogen-bond donors (Lipinski definition) is 2. The van der Waals surface area contributed by atoms with Gasteiger partial charge in [0.15, 0.2) is 5.96 Å². The van der Waals surface area contributed by atoms with Gasteiger partial charge in [0, 0.05) is 19.8 Å². The van der Waals surface area contributed by atoms with Crippen LogP contribution < -0.4 is 15.4 Å². The molecule has 0 saturated heterocycles. The standard InChI is InChI=1S/C17H22F3N5O.HI/c1-4-21-16(23-11-13-7-8-24-25(13)2)22-10-12-5-6-14(26-3)9-15(12)17(18,19)20;/h5-9H,4,10-11H2,1-3H3,(H2,21,22,23);1H. The molecule has 0 aliphatic carbocycles. The SMILES string of the molecule is CCNC(=NCc1ccc(OC)cc1C(F)(F)F)NCc1ccnn1C.I. The van der Waals surface area contributed by atoms with E-state index in [0.717, 1.165) is 11.8 Å². The second-order valence-corrected chi connectivity index (χ2v) is 5.52. The van der Waals surface area contributed by atoms with Gasteiger partial charge in [0.1, 0.15) is 5.75 Å². The lowest BCUT2D eigenvalue weighted by atomic mass is 10.1. The maximum absolute atomic E-state index is 13.3. The van der Waals surface area contributed by atoms with Gasteiger partial charge in [-0.1, -0.05) is 6.07 Å². The number of methoxy groups -OCH3 is 1. The minimum absolute atomic E-state index is 0. The molecule has 0 bridgehead atoms. The Labute approximate surface area is 173 Å². The number of ether oxygens (including phenoxy) is 1. The molecule has 1 aromatic heterocycles. The van der Waals surface area contributed by atoms with Crippen molar-refractivity contribution in [3.63, 3.8) is 0 Å². The molecule has 2 aromatic rings. The highest BCUT2D eigenvalue weighted by Gasteiger charge is 2.33. The first kappa shape index (κ1) is 23.1. The van der Waals surface area contributed by atoms with Gasteiger partial charge in [0.05, 0.1) is 31.5 Å². The van der Waals surface area contributed by atoms with E-state index in [9.17, 15) is 13.2 Å². The largest absolute Gasteiger partial charge is 0.497 e. The number of alkyl halides is 3. The van der Waals surface area contributed by atoms with Crippen LogP contribution in [0.4, 0.5) is 13.2 Å². The average Bonchev–Trinajstić information content (AvgIpc) is 3.01. The molecule has 1 heterocycles. The van der Waals surface area contributed by atoms with Crippen molar-refractivity contribution in [3.05, 3.63) is 47.3 Å². The summed E-state index contributed by atoms with van der Waals surface area (Å²) in [6.45, 7) is 2.82. The maximum Gasteiger partial charge on any atom is 0.416 e. The smallest absolute Gasteiger partial charge is 0.416 e. The molecule has 27 heavy (non-hydrogen) atoms. The first-order valence-corrected chi connectivity index (χ1v) is 8.08. The van der Waals surface area contributed by atoms with Gasteiger partial charge in [0.25, 0.3) is 0 Å². The normalized spacial score (nSPS) is 11.7. The second kappa shape index (κ2) is 10.4. The van der Waals surface area contributed by atoms with Gasteiger partial charge in [-0.05, 0) is 30.7 Å². The third kappa shape index (κ3) is 6.60. The van der Waals surface area contributed by atoms with Crippen LogP contribution in [0.15, 0.2) is 35.5 Å². The summed E-state index contributed by atoms with van der Waals surface area (Å²) in [5.74, 6) is 0.587. The maximum atomic E-state index is 13.3. The first-order chi connectivity index (χ1) is 12.3. The van der Waals surface area contributed by atoms with Crippen LogP contribution in [0.3, 0.4) is 0 Å². The van der Waals surface area contributed by atoms with Gasteiger partial charge in [-0.3, -0.25) is 4.68 Å². The Hall–Kier alpha value is -1.98. The Morgan fingerprint density at radius 1 is 1.26 bits per heavy atom. The number of aryl methyl sites for hydroxylation is 1. The molecule has 0 amide bonds. The molecule has 0 spiro atoms. The molecule has 150 valence electrons. The molecule has 0 aliphatic heterocycles. The van der Waals surface area contributed by atoms with E-state index < -0.39 is 11.7 Å². The highest BCUT2D eigenvalue weighted by atomic mass is 127. The average molecular weight is 497 g/mol. The third-order valence-electron chi connectivity index (χ3n) is 3.73. The lowest BCUT2D eigenvalue weighted by molar-refractivity contribution is -0.138. The number of aliphatic imine (C=N–C) groups is 1. The number of nitrogens with zero attached hydrogens (tertiary/aromatic N) is 3. The van der Waals surface area contributed by atoms with Gasteiger partial charge in [-0.25, -0.2) is 4.99 Å². The van der Waals surface area contributed by atoms with E-state index in [1.54, 1.807) is 10.9 Å². The first-order valence-electron chi connectivity index (χ1n) is 8.08. The summed E-state index contributed by atoms with van der Waals surface area (Å²) >= 11 is 0. The molecule has 1 aromatic carbocycles. The number of hydrogen-bond acceptors (Lipinski definition) is 3. The van der Waals surface area contributed by atoms with E-state index in [1.165, 1.54) is 19.2 Å². The summed E-state index contributed by atoms with van der Waals surface area (Å²) in [5, 5.41) is 10.2. The molecule has 0 aliphatic rings. The van der Waals surface area contributed by atoms with Crippen LogP contribution in [0.25, 0.3) is 0 Å². The fourth-order valence-electron chi connectivity index (χ4n) is 2.34. The quantitative estimate of drug-likeness (QED) is 0.365. The van der Waals surface area contributed by atoms with Crippen molar-refractivity contribution in [1.29, 1.82) is 0 Å². The molecule has 0 unspecified atom stereocenters. The van der Waals surface area contributed by atoms with Crippen LogP contribution in [0.5, 0.6) is 5.75 Å². The van der Waals surface area contributed by atoms with Crippen molar-refractivity contribution in [2.24, 2.45) is 12.0 Å². The van der Waals surface area contributed by atoms with Crippen LogP contribution in [0.1, 0.15) is 23.7 Å². The molecule has 0 fully saturated rings. The zero-order chi connectivity index (χ0) is 19.2. The van der Waals surface area contributed by atoms with Crippen LogP contribution in [-0.2, 0) is 26.3 Å². The number of rotatable bonds is 6. The van der Waals surface area contributed by atoms with E-state index in [4.69, 9.17) is 4.74 Å². The zero-order valence-electron chi connectivity index (χ0n) is 15.3. The van der Waals surface area contributed by atoms with Gasteiger partial charge < -0.3 is 15.4 Å². The zero-order valence-corrected chi connectivity index (χ0v) is 17.6. The van der Waals surface area contributed by atoms with Crippen LogP contribution in [-0.4, -0.2) is 29.4 Å². The Morgan fingerprint density at radius 3 is 2.56 bits per heavy atom. The van der Waals surface area contributed by atoms with Crippen molar-refractivity contribution < 1.29 is 17.9 Å². The minimum Gasteiger partial charge on any atom is -0.497 e. The van der Waals surface area contributed by atoms with Crippen LogP contribution in [0, 0.1) is 0 Å². The van der Waals surface area contributed by atoms with E-state index in [2.05, 4.69) is 20.7 Å². The summed E-state index contributed by atoms with van der Waals surface area (Å²) in [5.41, 5.74) is 0.259. The number of nitrogens with one attached hydrogen (secondary N) is 2. The molecule has 0 saturated carbocycles. The van der Waals surface area contributed by atoms with Gasteiger partial charge >= 0.3 is 6.18 Å². The number of benzene rings is 1. The van der Waals surface area contributed by atoms with E-state index in [1.807, 2.05) is 20.0 Å². The predicted molar refractivity (Wildman–Crippen MR) is 108 cm³/mol. The fourth-order valence-corrected chi connectivity index (χ4v) is 2.34. The topological polar surface area (TPSA) is 63.5 Å². The van der Waals surface area contributed by atoms with Crippen molar-refractivity contribution in [2.45, 2.75) is 26.2 Å². The number of guanidine groups is 1. The molecule has 0 radical (unpaired) electrons. The Morgan fingerprint density at radius 2 is 2.00 bits per heavy atom. The van der Waals surface area contributed by atoms with Gasteiger partial charge in [-0.2, -0.15) is 18.3 Å². The lowest BCUT2D eigenvalue weighted by Gasteiger charge is -2.15. The summed E-state index contributed by atoms with van der Waals surface area (Å²) in [4.78, 5) is 4.27. The fraction of sp³-hybridized carbons (Fsp3) is 0.412. The van der Waals surface area contributed by atoms with Crippen molar-refractivity contribution in [1.82, 2.24) is 20.4 Å². The molecule has 2 rings (SSSR count). The molecular weight excluding hydrogens is 474 g/mol.